The number of anilines is 2. The van der Waals surface area contributed by atoms with Crippen molar-refractivity contribution in [1.29, 1.82) is 0 Å². The van der Waals surface area contributed by atoms with Crippen LogP contribution in [0.15, 0.2) is 18.2 Å². The topological polar surface area (TPSA) is 88.2 Å². The fourth-order valence-corrected chi connectivity index (χ4v) is 3.93. The van der Waals surface area contributed by atoms with Crippen LogP contribution in [0.5, 0.6) is 5.75 Å². The number of morpholine rings is 1. The van der Waals surface area contributed by atoms with Gasteiger partial charge in [-0.05, 0) is 18.6 Å². The maximum atomic E-state index is 12.2. The first-order valence-corrected chi connectivity index (χ1v) is 10.5. The average molecular weight is 407 g/mol. The summed E-state index contributed by atoms with van der Waals surface area (Å²) in [4.78, 5) is 39.7. The van der Waals surface area contributed by atoms with Gasteiger partial charge in [0.1, 0.15) is 5.75 Å². The highest BCUT2D eigenvalue weighted by Gasteiger charge is 2.24. The van der Waals surface area contributed by atoms with E-state index < -0.39 is 0 Å². The summed E-state index contributed by atoms with van der Waals surface area (Å²) in [7, 11) is 1.54. The van der Waals surface area contributed by atoms with Crippen LogP contribution in [-0.2, 0) is 19.1 Å². The van der Waals surface area contributed by atoms with Crippen molar-refractivity contribution in [2.24, 2.45) is 0 Å². The Kier molecular flexibility index (Phi) is 7.16. The van der Waals surface area contributed by atoms with Gasteiger partial charge >= 0.3 is 0 Å². The van der Waals surface area contributed by atoms with Crippen molar-refractivity contribution in [2.75, 3.05) is 61.7 Å². The molecule has 0 unspecified atom stereocenters. The van der Waals surface area contributed by atoms with Crippen LogP contribution in [-0.4, -0.2) is 74.1 Å². The predicted molar refractivity (Wildman–Crippen MR) is 108 cm³/mol. The van der Waals surface area contributed by atoms with Gasteiger partial charge in [-0.3, -0.25) is 14.4 Å². The van der Waals surface area contributed by atoms with E-state index in [1.54, 1.807) is 28.0 Å². The number of hydrogen-bond acceptors (Lipinski definition) is 6. The Hall–Kier alpha value is -2.26. The Morgan fingerprint density at radius 1 is 1.21 bits per heavy atom. The van der Waals surface area contributed by atoms with Gasteiger partial charge < -0.3 is 24.6 Å². The first-order valence-electron chi connectivity index (χ1n) is 9.30. The number of methoxy groups -OCH3 is 1. The molecule has 2 heterocycles. The molecule has 9 heteroatoms. The van der Waals surface area contributed by atoms with Crippen molar-refractivity contribution < 1.29 is 23.9 Å². The van der Waals surface area contributed by atoms with Gasteiger partial charge in [0.2, 0.25) is 17.7 Å². The largest absolute Gasteiger partial charge is 0.494 e. The van der Waals surface area contributed by atoms with E-state index in [-0.39, 0.29) is 29.2 Å². The summed E-state index contributed by atoms with van der Waals surface area (Å²) in [5.74, 6) is 0.922. The molecule has 1 aromatic rings. The lowest BCUT2D eigenvalue weighted by molar-refractivity contribution is -0.132. The van der Waals surface area contributed by atoms with Gasteiger partial charge in [0.25, 0.3) is 0 Å². The molecule has 28 heavy (non-hydrogen) atoms. The van der Waals surface area contributed by atoms with E-state index >= 15 is 0 Å². The minimum absolute atomic E-state index is 0.0300. The maximum Gasteiger partial charge on any atom is 0.234 e. The third-order valence-corrected chi connectivity index (χ3v) is 5.57. The number of thioether (sulfide) groups is 1. The molecule has 3 amide bonds. The van der Waals surface area contributed by atoms with E-state index in [1.807, 2.05) is 0 Å². The predicted octanol–water partition coefficient (Wildman–Crippen LogP) is 1.35. The Morgan fingerprint density at radius 2 is 2.00 bits per heavy atom. The molecule has 2 aliphatic heterocycles. The van der Waals surface area contributed by atoms with Gasteiger partial charge in [-0.15, -0.1) is 11.8 Å². The van der Waals surface area contributed by atoms with Crippen LogP contribution < -0.4 is 15.0 Å². The summed E-state index contributed by atoms with van der Waals surface area (Å²) < 4.78 is 10.6. The zero-order valence-corrected chi connectivity index (χ0v) is 16.8. The minimum atomic E-state index is -0.188. The molecule has 3 rings (SSSR count). The molecule has 0 atom stereocenters. The number of hydrogen-bond donors (Lipinski definition) is 1. The lowest BCUT2D eigenvalue weighted by atomic mass is 10.2. The van der Waals surface area contributed by atoms with Gasteiger partial charge in [-0.2, -0.15) is 0 Å². The highest BCUT2D eigenvalue weighted by molar-refractivity contribution is 8.00. The van der Waals surface area contributed by atoms with E-state index in [2.05, 4.69) is 5.32 Å². The number of nitrogens with zero attached hydrogens (tertiary/aromatic N) is 2. The molecule has 0 spiro atoms. The van der Waals surface area contributed by atoms with Crippen LogP contribution >= 0.6 is 11.8 Å². The smallest absolute Gasteiger partial charge is 0.234 e. The molecule has 2 aliphatic rings. The van der Waals surface area contributed by atoms with Crippen molar-refractivity contribution in [3.63, 3.8) is 0 Å². The van der Waals surface area contributed by atoms with Gasteiger partial charge in [0.05, 0.1) is 37.5 Å². The Bertz CT molecular complexity index is 736. The maximum absolute atomic E-state index is 12.2. The molecule has 8 nitrogen and oxygen atoms in total. The summed E-state index contributed by atoms with van der Waals surface area (Å²) in [5, 5.41) is 2.81. The van der Waals surface area contributed by atoms with Crippen molar-refractivity contribution in [3.05, 3.63) is 18.2 Å². The Labute approximate surface area is 168 Å². The molecule has 1 aromatic carbocycles. The Balaban J connectivity index is 1.49. The number of ether oxygens (including phenoxy) is 2. The number of rotatable bonds is 7. The molecule has 152 valence electrons. The van der Waals surface area contributed by atoms with E-state index in [0.717, 1.165) is 6.42 Å². The zero-order chi connectivity index (χ0) is 19.9. The minimum Gasteiger partial charge on any atom is -0.494 e. The highest BCUT2D eigenvalue weighted by Crippen LogP contribution is 2.33. The van der Waals surface area contributed by atoms with Gasteiger partial charge in [-0.25, -0.2) is 0 Å². The van der Waals surface area contributed by atoms with E-state index in [0.29, 0.717) is 56.4 Å². The van der Waals surface area contributed by atoms with Crippen LogP contribution in [0.3, 0.4) is 0 Å². The van der Waals surface area contributed by atoms with Crippen LogP contribution in [0.1, 0.15) is 12.8 Å². The fourth-order valence-electron chi connectivity index (χ4n) is 3.21. The van der Waals surface area contributed by atoms with Crippen LogP contribution in [0, 0.1) is 0 Å². The summed E-state index contributed by atoms with van der Waals surface area (Å²) >= 11 is 1.29. The summed E-state index contributed by atoms with van der Waals surface area (Å²) in [6.45, 7) is 3.03. The van der Waals surface area contributed by atoms with Crippen LogP contribution in [0.2, 0.25) is 0 Å². The number of carbonyl (C=O) groups excluding carboxylic acids is 3. The van der Waals surface area contributed by atoms with Crippen molar-refractivity contribution in [2.45, 2.75) is 12.8 Å². The summed E-state index contributed by atoms with van der Waals surface area (Å²) in [5.41, 5.74) is 1.31. The SMILES string of the molecule is COc1cc(NC(=O)CSCC(=O)N2CCOCC2)ccc1N1CCCC1=O. The Morgan fingerprint density at radius 3 is 2.68 bits per heavy atom. The van der Waals surface area contributed by atoms with Crippen molar-refractivity contribution >= 4 is 40.9 Å². The molecule has 0 radical (unpaired) electrons. The highest BCUT2D eigenvalue weighted by atomic mass is 32.2. The number of amides is 3. The van der Waals surface area contributed by atoms with E-state index in [9.17, 15) is 14.4 Å². The average Bonchev–Trinajstić information content (AvgIpc) is 3.14. The molecule has 0 bridgehead atoms. The van der Waals surface area contributed by atoms with E-state index in [1.165, 1.54) is 18.9 Å². The van der Waals surface area contributed by atoms with Crippen LogP contribution in [0.25, 0.3) is 0 Å². The third-order valence-electron chi connectivity index (χ3n) is 4.65. The molecule has 2 saturated heterocycles. The van der Waals surface area contributed by atoms with Gasteiger partial charge in [0, 0.05) is 37.8 Å². The van der Waals surface area contributed by atoms with Gasteiger partial charge in [-0.1, -0.05) is 0 Å². The van der Waals surface area contributed by atoms with Gasteiger partial charge in [0.15, 0.2) is 0 Å². The number of carbonyl (C=O) groups is 3. The molecule has 1 N–H and O–H groups in total. The fraction of sp³-hybridized carbons (Fsp3) is 0.526. The summed E-state index contributed by atoms with van der Waals surface area (Å²) in [6.07, 6.45) is 1.38. The monoisotopic (exact) mass is 407 g/mol. The second-order valence-corrected chi connectivity index (χ2v) is 7.56. The zero-order valence-electron chi connectivity index (χ0n) is 15.9. The standard InChI is InChI=1S/C19H25N3O5S/c1-26-16-11-14(4-5-15(16)22-6-2-3-18(22)24)20-17(23)12-28-13-19(25)21-7-9-27-10-8-21/h4-5,11H,2-3,6-10,12-13H2,1H3,(H,20,23). The number of nitrogens with one attached hydrogen (secondary N) is 1. The lowest BCUT2D eigenvalue weighted by Crippen LogP contribution is -2.41. The molecule has 0 aromatic heterocycles. The van der Waals surface area contributed by atoms with E-state index in [4.69, 9.17) is 9.47 Å². The molecule has 0 aliphatic carbocycles. The lowest BCUT2D eigenvalue weighted by Gasteiger charge is -2.26. The quantitative estimate of drug-likeness (QED) is 0.734. The molecular formula is C19H25N3O5S. The molecule has 0 saturated carbocycles. The molecule has 2 fully saturated rings. The molecular weight excluding hydrogens is 382 g/mol. The second-order valence-electron chi connectivity index (χ2n) is 6.57. The first-order chi connectivity index (χ1) is 13.6. The normalized spacial score (nSPS) is 17.0. The number of benzene rings is 1. The van der Waals surface area contributed by atoms with Crippen molar-refractivity contribution in [1.82, 2.24) is 4.90 Å². The summed E-state index contributed by atoms with van der Waals surface area (Å²) in [6, 6.07) is 5.25. The second kappa shape index (κ2) is 9.79. The van der Waals surface area contributed by atoms with Crippen LogP contribution in [0.4, 0.5) is 11.4 Å². The van der Waals surface area contributed by atoms with Crippen molar-refractivity contribution in [3.8, 4) is 5.75 Å². The third kappa shape index (κ3) is 5.17. The first kappa shape index (κ1) is 20.5.